The maximum atomic E-state index is 12.6. The second-order valence-electron chi connectivity index (χ2n) is 5.21. The minimum Gasteiger partial charge on any atom is -0.368 e. The maximum Gasteiger partial charge on any atom is 0.285 e. The lowest BCUT2D eigenvalue weighted by atomic mass is 10.1. The Balaban J connectivity index is 2.14. The molecule has 8 nitrogen and oxygen atoms in total. The number of rotatable bonds is 2. The molecule has 3 aromatic heterocycles. The van der Waals surface area contributed by atoms with Crippen LogP contribution in [0.2, 0.25) is 0 Å². The number of nitrogens with two attached hydrogens (primary N) is 1. The van der Waals surface area contributed by atoms with E-state index in [9.17, 15) is 9.59 Å². The number of aromatic nitrogens is 4. The van der Waals surface area contributed by atoms with Crippen molar-refractivity contribution in [2.75, 3.05) is 0 Å². The number of aliphatic imine (C=N–C) groups is 1. The summed E-state index contributed by atoms with van der Waals surface area (Å²) in [5.41, 5.74) is 6.62. The van der Waals surface area contributed by atoms with Crippen LogP contribution in [-0.2, 0) is 6.54 Å². The number of fused-ring (bicyclic) bond motifs is 1. The summed E-state index contributed by atoms with van der Waals surface area (Å²) >= 11 is 0. The molecule has 0 saturated carbocycles. The molecule has 0 unspecified atom stereocenters. The molecule has 2 N–H and O–H groups in total. The third-order valence-electron chi connectivity index (χ3n) is 3.59. The molecule has 0 bridgehead atoms. The van der Waals surface area contributed by atoms with E-state index in [0.717, 1.165) is 5.69 Å². The van der Waals surface area contributed by atoms with E-state index >= 15 is 0 Å². The van der Waals surface area contributed by atoms with Gasteiger partial charge in [0, 0.05) is 30.8 Å². The minimum atomic E-state index is -0.710. The van der Waals surface area contributed by atoms with Crippen molar-refractivity contribution < 1.29 is 4.79 Å². The fraction of sp³-hybridized carbons (Fsp3) is 0.188. The molecule has 0 fully saturated rings. The molecule has 0 aromatic carbocycles. The number of hydrogen-bond acceptors (Lipinski definition) is 4. The van der Waals surface area contributed by atoms with Crippen LogP contribution in [0.15, 0.2) is 46.6 Å². The number of nitrogens with zero attached hydrogens (tertiary/aromatic N) is 5. The Kier molecular flexibility index (Phi) is 3.95. The van der Waals surface area contributed by atoms with Crippen LogP contribution in [-0.4, -0.2) is 31.2 Å². The predicted octanol–water partition coefficient (Wildman–Crippen LogP) is 0.925. The van der Waals surface area contributed by atoms with Crippen LogP contribution in [0.1, 0.15) is 23.0 Å². The molecule has 0 radical (unpaired) electrons. The maximum absolute atomic E-state index is 12.6. The largest absolute Gasteiger partial charge is 0.368 e. The zero-order valence-electron chi connectivity index (χ0n) is 13.3. The second kappa shape index (κ2) is 6.07. The fourth-order valence-corrected chi connectivity index (χ4v) is 2.37. The Morgan fingerprint density at radius 3 is 2.83 bits per heavy atom. The van der Waals surface area contributed by atoms with E-state index < -0.39 is 11.3 Å². The highest BCUT2D eigenvalue weighted by molar-refractivity contribution is 6.03. The summed E-state index contributed by atoms with van der Waals surface area (Å²) in [4.78, 5) is 33.2. The molecular weight excluding hydrogens is 308 g/mol. The molecule has 3 heterocycles. The van der Waals surface area contributed by atoms with Crippen molar-refractivity contribution in [2.24, 2.45) is 10.7 Å². The van der Waals surface area contributed by atoms with Crippen LogP contribution in [0.4, 0.5) is 0 Å². The Morgan fingerprint density at radius 1 is 1.38 bits per heavy atom. The highest BCUT2D eigenvalue weighted by atomic mass is 16.2. The summed E-state index contributed by atoms with van der Waals surface area (Å²) in [6.45, 7) is 4.31. The van der Waals surface area contributed by atoms with Crippen molar-refractivity contribution in [3.8, 4) is 0 Å². The molecule has 24 heavy (non-hydrogen) atoms. The van der Waals surface area contributed by atoms with Gasteiger partial charge in [-0.3, -0.25) is 9.59 Å². The molecule has 0 atom stereocenters. The smallest absolute Gasteiger partial charge is 0.285 e. The summed E-state index contributed by atoms with van der Waals surface area (Å²) in [6.07, 6.45) is 4.55. The van der Waals surface area contributed by atoms with Crippen LogP contribution in [0.5, 0.6) is 0 Å². The average Bonchev–Trinajstić information content (AvgIpc) is 3.09. The zero-order valence-corrected chi connectivity index (χ0v) is 13.3. The van der Waals surface area contributed by atoms with E-state index in [4.69, 9.17) is 5.73 Å². The topological polar surface area (TPSA) is 108 Å². The summed E-state index contributed by atoms with van der Waals surface area (Å²) in [5.74, 6) is -0.813. The SMILES string of the molecule is CCn1cc(C(=O)N=C(N)n2cccn2)c(=O)c2ccc(C)nc21. The molecule has 1 amide bonds. The van der Waals surface area contributed by atoms with Crippen molar-refractivity contribution in [3.63, 3.8) is 0 Å². The third-order valence-corrected chi connectivity index (χ3v) is 3.59. The van der Waals surface area contributed by atoms with Crippen molar-refractivity contribution in [3.05, 3.63) is 58.3 Å². The highest BCUT2D eigenvalue weighted by Crippen LogP contribution is 2.11. The number of carbonyl (C=O) groups is 1. The molecule has 122 valence electrons. The zero-order chi connectivity index (χ0) is 17.3. The summed E-state index contributed by atoms with van der Waals surface area (Å²) in [6, 6.07) is 5.06. The van der Waals surface area contributed by atoms with Gasteiger partial charge >= 0.3 is 0 Å². The van der Waals surface area contributed by atoms with Gasteiger partial charge in [0.1, 0.15) is 11.2 Å². The van der Waals surface area contributed by atoms with Crippen LogP contribution in [0, 0.1) is 6.92 Å². The summed E-state index contributed by atoms with van der Waals surface area (Å²) < 4.78 is 3.00. The van der Waals surface area contributed by atoms with Gasteiger partial charge < -0.3 is 10.3 Å². The van der Waals surface area contributed by atoms with Crippen molar-refractivity contribution >= 4 is 22.9 Å². The van der Waals surface area contributed by atoms with E-state index in [1.807, 2.05) is 13.8 Å². The van der Waals surface area contributed by atoms with Crippen LogP contribution >= 0.6 is 0 Å². The highest BCUT2D eigenvalue weighted by Gasteiger charge is 2.16. The van der Waals surface area contributed by atoms with Crippen molar-refractivity contribution in [1.82, 2.24) is 19.3 Å². The van der Waals surface area contributed by atoms with Gasteiger partial charge in [0.15, 0.2) is 0 Å². The van der Waals surface area contributed by atoms with Crippen molar-refractivity contribution in [1.29, 1.82) is 0 Å². The molecule has 0 spiro atoms. The van der Waals surface area contributed by atoms with Crippen LogP contribution in [0.25, 0.3) is 11.0 Å². The van der Waals surface area contributed by atoms with E-state index in [-0.39, 0.29) is 11.5 Å². The predicted molar refractivity (Wildman–Crippen MR) is 90.0 cm³/mol. The molecular formula is C16H16N6O2. The van der Waals surface area contributed by atoms with Gasteiger partial charge in [-0.05, 0) is 32.0 Å². The fourth-order valence-electron chi connectivity index (χ4n) is 2.37. The first kappa shape index (κ1) is 15.6. The molecule has 0 aliphatic carbocycles. The van der Waals surface area contributed by atoms with E-state index in [2.05, 4.69) is 15.1 Å². The molecule has 0 aliphatic rings. The Bertz CT molecular complexity index is 1000. The van der Waals surface area contributed by atoms with E-state index in [1.165, 1.54) is 17.1 Å². The van der Waals surface area contributed by atoms with Gasteiger partial charge in [-0.1, -0.05) is 0 Å². The lowest BCUT2D eigenvalue weighted by molar-refractivity contribution is 0.100. The first-order valence-corrected chi connectivity index (χ1v) is 7.40. The van der Waals surface area contributed by atoms with E-state index in [1.54, 1.807) is 29.0 Å². The van der Waals surface area contributed by atoms with Crippen LogP contribution in [0.3, 0.4) is 0 Å². The number of carbonyl (C=O) groups excluding carboxylic acids is 1. The molecule has 8 heteroatoms. The minimum absolute atomic E-state index is 0.0508. The van der Waals surface area contributed by atoms with Gasteiger partial charge in [0.2, 0.25) is 11.4 Å². The quantitative estimate of drug-likeness (QED) is 0.557. The van der Waals surface area contributed by atoms with Crippen molar-refractivity contribution in [2.45, 2.75) is 20.4 Å². The number of pyridine rings is 2. The van der Waals surface area contributed by atoms with Gasteiger partial charge in [-0.15, -0.1) is 0 Å². The average molecular weight is 324 g/mol. The Morgan fingerprint density at radius 2 is 2.17 bits per heavy atom. The van der Waals surface area contributed by atoms with Gasteiger partial charge in [0.05, 0.1) is 5.39 Å². The van der Waals surface area contributed by atoms with Gasteiger partial charge in [-0.2, -0.15) is 10.1 Å². The second-order valence-corrected chi connectivity index (χ2v) is 5.21. The lowest BCUT2D eigenvalue weighted by Gasteiger charge is -2.10. The number of hydrogen-bond donors (Lipinski definition) is 1. The standard InChI is InChI=1S/C16H16N6O2/c1-3-21-9-12(13(23)11-6-5-10(2)19-14(11)21)15(24)20-16(17)22-8-4-7-18-22/h4-9H,3H2,1-2H3,(H2,17,20,24). The Labute approximate surface area is 137 Å². The molecule has 0 saturated heterocycles. The molecule has 3 aromatic rings. The van der Waals surface area contributed by atoms with Gasteiger partial charge in [-0.25, -0.2) is 9.67 Å². The lowest BCUT2D eigenvalue weighted by Crippen LogP contribution is -2.26. The van der Waals surface area contributed by atoms with Crippen LogP contribution < -0.4 is 11.2 Å². The number of amides is 1. The Hall–Kier alpha value is -3.29. The normalized spacial score (nSPS) is 11.8. The monoisotopic (exact) mass is 324 g/mol. The first-order valence-electron chi connectivity index (χ1n) is 7.40. The number of aryl methyl sites for hydroxylation is 2. The summed E-state index contributed by atoms with van der Waals surface area (Å²) in [5, 5.41) is 4.27. The third kappa shape index (κ3) is 2.69. The molecule has 3 rings (SSSR count). The first-order chi connectivity index (χ1) is 11.5. The molecule has 0 aliphatic heterocycles. The summed E-state index contributed by atoms with van der Waals surface area (Å²) in [7, 11) is 0. The van der Waals surface area contributed by atoms with E-state index in [0.29, 0.717) is 17.6 Å². The van der Waals surface area contributed by atoms with Gasteiger partial charge in [0.25, 0.3) is 5.91 Å².